The van der Waals surface area contributed by atoms with Crippen LogP contribution in [0.5, 0.6) is 0 Å². The van der Waals surface area contributed by atoms with Gasteiger partial charge >= 0.3 is 5.97 Å². The van der Waals surface area contributed by atoms with E-state index in [1.165, 1.54) is 0 Å². The number of carboxylic acids is 1. The van der Waals surface area contributed by atoms with E-state index in [-0.39, 0.29) is 5.57 Å². The van der Waals surface area contributed by atoms with Gasteiger partial charge in [-0.3, -0.25) is 0 Å². The molecule has 0 saturated carbocycles. The van der Waals surface area contributed by atoms with Crippen molar-refractivity contribution >= 4 is 34.3 Å². The van der Waals surface area contributed by atoms with Crippen molar-refractivity contribution in [3.63, 3.8) is 0 Å². The van der Waals surface area contributed by atoms with Crippen LogP contribution < -0.4 is 5.32 Å². The minimum absolute atomic E-state index is 0.236. The molecule has 0 bridgehead atoms. The fourth-order valence-corrected chi connectivity index (χ4v) is 3.18. The first-order valence-electron chi connectivity index (χ1n) is 8.96. The van der Waals surface area contributed by atoms with Gasteiger partial charge in [-0.25, -0.2) is 9.78 Å². The predicted molar refractivity (Wildman–Crippen MR) is 112 cm³/mol. The van der Waals surface area contributed by atoms with Crippen molar-refractivity contribution in [2.45, 2.75) is 6.54 Å². The third-order valence-corrected chi connectivity index (χ3v) is 4.54. The third kappa shape index (κ3) is 3.64. The molecule has 0 saturated heterocycles. The Bertz CT molecular complexity index is 1130. The Labute approximate surface area is 162 Å². The number of aromatic nitrogens is 2. The number of hydrogen-bond donors (Lipinski definition) is 3. The molecule has 4 rings (SSSR count). The first-order chi connectivity index (χ1) is 13.7. The lowest BCUT2D eigenvalue weighted by Crippen LogP contribution is -2.01. The number of carbonyl (C=O) groups is 1. The van der Waals surface area contributed by atoms with E-state index < -0.39 is 5.97 Å². The zero-order valence-corrected chi connectivity index (χ0v) is 15.1. The largest absolute Gasteiger partial charge is 0.478 e. The van der Waals surface area contributed by atoms with E-state index in [4.69, 9.17) is 0 Å². The lowest BCUT2D eigenvalue weighted by atomic mass is 10.0. The molecule has 0 fully saturated rings. The highest BCUT2D eigenvalue weighted by molar-refractivity contribution is 6.21. The Hall–Kier alpha value is -3.86. The van der Waals surface area contributed by atoms with Gasteiger partial charge in [-0.1, -0.05) is 60.7 Å². The minimum atomic E-state index is -0.969. The van der Waals surface area contributed by atoms with E-state index in [0.717, 1.165) is 22.2 Å². The molecule has 5 heteroatoms. The van der Waals surface area contributed by atoms with Crippen LogP contribution >= 0.6 is 0 Å². The molecule has 0 atom stereocenters. The molecule has 4 aromatic rings. The summed E-state index contributed by atoms with van der Waals surface area (Å²) in [4.78, 5) is 19.4. The summed E-state index contributed by atoms with van der Waals surface area (Å²) in [5.41, 5.74) is 4.45. The van der Waals surface area contributed by atoms with Crippen LogP contribution in [-0.4, -0.2) is 21.0 Å². The van der Waals surface area contributed by atoms with Gasteiger partial charge in [-0.05, 0) is 23.3 Å². The van der Waals surface area contributed by atoms with E-state index in [1.807, 2.05) is 42.5 Å². The molecule has 2 aromatic carbocycles. The number of anilines is 1. The summed E-state index contributed by atoms with van der Waals surface area (Å²) in [6.45, 7) is 0.665. The molecule has 138 valence electrons. The number of fused-ring (bicyclic) bond motifs is 1. The number of carboxylic acid groups (broad SMARTS) is 1. The number of pyridine rings is 1. The first kappa shape index (κ1) is 17.5. The molecule has 3 N–H and O–H groups in total. The Kier molecular flexibility index (Phi) is 4.89. The zero-order chi connectivity index (χ0) is 19.3. The van der Waals surface area contributed by atoms with Crippen molar-refractivity contribution in [2.75, 3.05) is 5.32 Å². The summed E-state index contributed by atoms with van der Waals surface area (Å²) in [6, 6.07) is 21.1. The van der Waals surface area contributed by atoms with Gasteiger partial charge < -0.3 is 15.4 Å². The van der Waals surface area contributed by atoms with Crippen LogP contribution in [0, 0.1) is 0 Å². The second-order valence-corrected chi connectivity index (χ2v) is 6.39. The monoisotopic (exact) mass is 369 g/mol. The van der Waals surface area contributed by atoms with Crippen LogP contribution in [0.15, 0.2) is 79.1 Å². The maximum absolute atomic E-state index is 11.8. The molecule has 2 heterocycles. The smallest absolute Gasteiger partial charge is 0.336 e. The molecule has 0 aliphatic carbocycles. The van der Waals surface area contributed by atoms with Gasteiger partial charge in [0.2, 0.25) is 0 Å². The number of rotatable bonds is 6. The maximum atomic E-state index is 11.8. The van der Waals surface area contributed by atoms with Gasteiger partial charge in [0.15, 0.2) is 0 Å². The van der Waals surface area contributed by atoms with Gasteiger partial charge in [0.05, 0.1) is 5.57 Å². The second-order valence-electron chi connectivity index (χ2n) is 6.39. The quantitative estimate of drug-likeness (QED) is 0.427. The summed E-state index contributed by atoms with van der Waals surface area (Å²) in [7, 11) is 0. The van der Waals surface area contributed by atoms with Gasteiger partial charge in [-0.2, -0.15) is 0 Å². The predicted octanol–water partition coefficient (Wildman–Crippen LogP) is 4.80. The maximum Gasteiger partial charge on any atom is 0.336 e. The standard InChI is InChI=1S/C23H19N3O2/c27-23(28)19(17-9-5-2-6-10-17)13-18-15-26-22-21(18)20(11-12-24-22)25-14-16-7-3-1-4-8-16/h1-13,15H,14H2,(H,27,28)(H2,24,25,26)/b19-13+. The van der Waals surface area contributed by atoms with Crippen molar-refractivity contribution in [2.24, 2.45) is 0 Å². The Balaban J connectivity index is 1.74. The van der Waals surface area contributed by atoms with Crippen molar-refractivity contribution in [3.05, 3.63) is 95.8 Å². The van der Waals surface area contributed by atoms with Gasteiger partial charge in [0, 0.05) is 35.6 Å². The summed E-state index contributed by atoms with van der Waals surface area (Å²) in [6.07, 6.45) is 5.21. The van der Waals surface area contributed by atoms with Gasteiger partial charge in [-0.15, -0.1) is 0 Å². The van der Waals surface area contributed by atoms with Crippen molar-refractivity contribution in [1.82, 2.24) is 9.97 Å². The highest BCUT2D eigenvalue weighted by Gasteiger charge is 2.14. The van der Waals surface area contributed by atoms with Crippen molar-refractivity contribution < 1.29 is 9.90 Å². The van der Waals surface area contributed by atoms with E-state index in [9.17, 15) is 9.90 Å². The number of benzene rings is 2. The number of nitrogens with one attached hydrogen (secondary N) is 2. The molecule has 0 radical (unpaired) electrons. The fourth-order valence-electron chi connectivity index (χ4n) is 3.18. The lowest BCUT2D eigenvalue weighted by molar-refractivity contribution is -0.130. The summed E-state index contributed by atoms with van der Waals surface area (Å²) in [5, 5.41) is 14.0. The summed E-state index contributed by atoms with van der Waals surface area (Å²) < 4.78 is 0. The topological polar surface area (TPSA) is 78.0 Å². The molecular formula is C23H19N3O2. The number of aromatic amines is 1. The minimum Gasteiger partial charge on any atom is -0.478 e. The highest BCUT2D eigenvalue weighted by atomic mass is 16.4. The number of hydrogen-bond acceptors (Lipinski definition) is 3. The Morgan fingerprint density at radius 1 is 1.04 bits per heavy atom. The number of aliphatic carboxylic acids is 1. The molecule has 0 spiro atoms. The first-order valence-corrected chi connectivity index (χ1v) is 8.96. The van der Waals surface area contributed by atoms with Crippen LogP contribution in [0.3, 0.4) is 0 Å². The zero-order valence-electron chi connectivity index (χ0n) is 15.1. The van der Waals surface area contributed by atoms with E-state index in [1.54, 1.807) is 30.6 Å². The van der Waals surface area contributed by atoms with Gasteiger partial charge in [0.25, 0.3) is 0 Å². The van der Waals surface area contributed by atoms with Crippen molar-refractivity contribution in [3.8, 4) is 0 Å². The summed E-state index contributed by atoms with van der Waals surface area (Å²) in [5.74, 6) is -0.969. The molecular weight excluding hydrogens is 350 g/mol. The highest BCUT2D eigenvalue weighted by Crippen LogP contribution is 2.29. The average molecular weight is 369 g/mol. The molecule has 0 aliphatic rings. The third-order valence-electron chi connectivity index (χ3n) is 4.54. The van der Waals surface area contributed by atoms with E-state index in [2.05, 4.69) is 27.4 Å². The number of H-pyrrole nitrogens is 1. The average Bonchev–Trinajstić information content (AvgIpc) is 3.15. The van der Waals surface area contributed by atoms with E-state index in [0.29, 0.717) is 17.8 Å². The molecule has 28 heavy (non-hydrogen) atoms. The van der Waals surface area contributed by atoms with Crippen LogP contribution in [0.4, 0.5) is 5.69 Å². The molecule has 0 amide bonds. The SMILES string of the molecule is O=C(O)/C(=C/c1c[nH]c2nccc(NCc3ccccc3)c12)c1ccccc1. The Morgan fingerprint density at radius 3 is 2.46 bits per heavy atom. The normalized spacial score (nSPS) is 11.5. The Morgan fingerprint density at radius 2 is 1.75 bits per heavy atom. The molecule has 5 nitrogen and oxygen atoms in total. The van der Waals surface area contributed by atoms with Crippen LogP contribution in [0.2, 0.25) is 0 Å². The summed E-state index contributed by atoms with van der Waals surface area (Å²) >= 11 is 0. The van der Waals surface area contributed by atoms with Crippen LogP contribution in [0.25, 0.3) is 22.7 Å². The van der Waals surface area contributed by atoms with Crippen LogP contribution in [-0.2, 0) is 11.3 Å². The lowest BCUT2D eigenvalue weighted by Gasteiger charge is -2.09. The van der Waals surface area contributed by atoms with E-state index >= 15 is 0 Å². The van der Waals surface area contributed by atoms with Gasteiger partial charge in [0.1, 0.15) is 5.65 Å². The fraction of sp³-hybridized carbons (Fsp3) is 0.0435. The molecule has 2 aromatic heterocycles. The van der Waals surface area contributed by atoms with Crippen molar-refractivity contribution in [1.29, 1.82) is 0 Å². The van der Waals surface area contributed by atoms with Crippen LogP contribution in [0.1, 0.15) is 16.7 Å². The second kappa shape index (κ2) is 7.80. The molecule has 0 unspecified atom stereocenters. The molecule has 0 aliphatic heterocycles. The number of nitrogens with zero attached hydrogens (tertiary/aromatic N) is 1.